The Morgan fingerprint density at radius 1 is 0.443 bits per heavy atom. The van der Waals surface area contributed by atoms with E-state index >= 15 is 0 Å². The summed E-state index contributed by atoms with van der Waals surface area (Å²) in [6.45, 7) is 5.62. The monoisotopic (exact) mass is 1320 g/mol. The van der Waals surface area contributed by atoms with Gasteiger partial charge in [0.15, 0.2) is 47.2 Å². The van der Waals surface area contributed by atoms with E-state index < -0.39 is 51.4 Å². The van der Waals surface area contributed by atoms with E-state index in [1.807, 2.05) is 36.4 Å². The smallest absolute Gasteiger partial charge is 0.174 e. The van der Waals surface area contributed by atoms with Crippen molar-refractivity contribution in [2.45, 2.75) is 222 Å². The van der Waals surface area contributed by atoms with E-state index in [0.29, 0.717) is 61.8 Å². The van der Waals surface area contributed by atoms with Gasteiger partial charge < -0.3 is 64.7 Å². The van der Waals surface area contributed by atoms with Crippen LogP contribution in [0.1, 0.15) is 151 Å². The molecule has 4 unspecified atom stereocenters. The van der Waals surface area contributed by atoms with E-state index in [-0.39, 0.29) is 79.2 Å². The lowest BCUT2D eigenvalue weighted by Crippen LogP contribution is -2.76. The summed E-state index contributed by atoms with van der Waals surface area (Å²) < 4.78 is 24.8. The number of likely N-dealkylation sites (tertiary alicyclic amines) is 4. The van der Waals surface area contributed by atoms with E-state index in [4.69, 9.17) is 18.9 Å². The second kappa shape index (κ2) is 21.3. The third-order valence-corrected chi connectivity index (χ3v) is 28.5. The SMILES string of the molecule is CN1CC[C@@]23C4=CC=C(CO)[C@@H]2Oc2c(CO)ccc(c23)CC41.CN1CC[C@]23c4c5ccc(CO)c4O[C@H]2C(=O)CC[C@@]3(O)C1C5.O=C1CC[C@@]2(O)C3Cc4ccc(CO)c5c4[C@@]2(CCN3CC2CC2)[C@H]1O5.O=C1CC[C@@]2(O)C3Cc4ccc(O)c5c4[C@@]2(CCN3CC2CC2)[C@H]1O5. The number of allylic oxidation sites excluding steroid dienone is 2. The highest BCUT2D eigenvalue weighted by molar-refractivity contribution is 5.92. The highest BCUT2D eigenvalue weighted by atomic mass is 16.5. The number of likely N-dealkylation sites (N-methyl/N-ethyl adjacent to an activating group) is 2. The van der Waals surface area contributed by atoms with Crippen LogP contribution in [-0.4, -0.2) is 203 Å². The van der Waals surface area contributed by atoms with E-state index in [0.717, 1.165) is 158 Å². The summed E-state index contributed by atoms with van der Waals surface area (Å²) in [7, 11) is 4.26. The summed E-state index contributed by atoms with van der Waals surface area (Å²) in [5.74, 6) is 4.57. The maximum atomic E-state index is 12.8. The number of hydrogen-bond acceptors (Lipinski definition) is 19. The van der Waals surface area contributed by atoms with Crippen molar-refractivity contribution in [1.29, 1.82) is 0 Å². The molecule has 5 saturated carbocycles. The first kappa shape index (κ1) is 62.0. The summed E-state index contributed by atoms with van der Waals surface area (Å²) in [5.41, 5.74) is 8.94. The highest BCUT2D eigenvalue weighted by Crippen LogP contribution is 2.69. The van der Waals surface area contributed by atoms with Crippen molar-refractivity contribution in [3.8, 4) is 28.7 Å². The number of benzene rings is 4. The number of phenols is 1. The second-order valence-corrected chi connectivity index (χ2v) is 32.5. The maximum absolute atomic E-state index is 12.8. The quantitative estimate of drug-likeness (QED) is 0.119. The van der Waals surface area contributed by atoms with Crippen LogP contribution >= 0.6 is 0 Å². The molecule has 0 radical (unpaired) electrons. The predicted molar refractivity (Wildman–Crippen MR) is 353 cm³/mol. The van der Waals surface area contributed by atoms with Gasteiger partial charge >= 0.3 is 0 Å². The number of piperidine rings is 4. The Labute approximate surface area is 564 Å². The Kier molecular flexibility index (Phi) is 13.6. The van der Waals surface area contributed by atoms with Crippen molar-refractivity contribution in [3.05, 3.63) is 133 Å². The number of hydrogen-bond donors (Lipinski definition) is 8. The molecule has 10 aliphatic carbocycles. The Balaban J connectivity index is 0.0000000910. The van der Waals surface area contributed by atoms with Gasteiger partial charge in [-0.1, -0.05) is 54.6 Å². The molecule has 15 atom stereocenters. The van der Waals surface area contributed by atoms with Crippen LogP contribution in [0.5, 0.6) is 28.7 Å². The highest BCUT2D eigenvalue weighted by Gasteiger charge is 2.76. The van der Waals surface area contributed by atoms with Gasteiger partial charge in [0.25, 0.3) is 0 Å². The molecule has 97 heavy (non-hydrogen) atoms. The molecule has 4 saturated heterocycles. The molecule has 0 aromatic heterocycles. The minimum absolute atomic E-state index is 0.00797. The van der Waals surface area contributed by atoms with Crippen LogP contribution in [-0.2, 0) is 81.5 Å². The van der Waals surface area contributed by atoms with Crippen LogP contribution in [0.3, 0.4) is 0 Å². The van der Waals surface area contributed by atoms with Crippen molar-refractivity contribution in [1.82, 2.24) is 19.6 Å². The first-order valence-electron chi connectivity index (χ1n) is 36.3. The Morgan fingerprint density at radius 3 is 1.34 bits per heavy atom. The zero-order chi connectivity index (χ0) is 66.4. The third-order valence-electron chi connectivity index (χ3n) is 28.5. The average molecular weight is 1320 g/mol. The summed E-state index contributed by atoms with van der Waals surface area (Å²) in [6.07, 6.45) is 16.7. The molecule has 0 amide bonds. The number of nitrogens with zero attached hydrogens (tertiary/aromatic N) is 4. The number of ketones is 3. The van der Waals surface area contributed by atoms with E-state index in [1.54, 1.807) is 6.07 Å². The van der Waals surface area contributed by atoms with Gasteiger partial charge in [-0.2, -0.15) is 0 Å². The lowest BCUT2D eigenvalue weighted by atomic mass is 9.49. The fourth-order valence-electron chi connectivity index (χ4n) is 23.7. The first-order valence-corrected chi connectivity index (χ1v) is 36.3. The van der Waals surface area contributed by atoms with Gasteiger partial charge in [-0.05, 0) is 188 Å². The fraction of sp³-hybridized carbons (Fsp3) is 0.603. The number of aliphatic hydroxyl groups excluding tert-OH is 4. The molecule has 19 nitrogen and oxygen atoms in total. The molecule has 8 bridgehead atoms. The molecule has 19 heteroatoms. The van der Waals surface area contributed by atoms with Crippen LogP contribution < -0.4 is 18.9 Å². The van der Waals surface area contributed by atoms with Crippen molar-refractivity contribution in [2.75, 3.05) is 60.0 Å². The molecule has 8 heterocycles. The number of phenolic OH excluding ortho intramolecular Hbond substituents is 1. The number of aromatic hydroxyl groups is 1. The van der Waals surface area contributed by atoms with Crippen molar-refractivity contribution < 1.29 is 74.2 Å². The van der Waals surface area contributed by atoms with E-state index in [9.17, 15) is 55.2 Å². The van der Waals surface area contributed by atoms with E-state index in [2.05, 4.69) is 51.9 Å². The minimum atomic E-state index is -0.940. The van der Waals surface area contributed by atoms with Crippen LogP contribution in [0.25, 0.3) is 0 Å². The van der Waals surface area contributed by atoms with Crippen molar-refractivity contribution >= 4 is 17.3 Å². The molecule has 4 aromatic carbocycles. The standard InChI is InChI=1S/C21H25NO4.C20H23NO4.C19H21NO3.C18H21NO4/c23-11-14-4-3-13-9-16-21(25)6-5-15(24)19-20(21,17(13)18(14)26-19)7-8-22(16)10-12-1-2-12;22-13-4-3-12-9-15-20(24)6-5-14(23)18-19(20,16(12)17(13)25-18)7-8-21(15)10-11-1-2-11;1-20-7-6-19-14-5-4-13(10-22)18(19)23-17-12(9-21)3-2-11(16(17)19)8-15(14)20;1-19-7-6-17-14-10-2-3-11(9-20)15(14)23-16(17)12(21)4-5-18(17,22)13(19)8-10/h3-4,12,16,19,23,25H,1-2,5-11H2;3-4,11,15,18,22,24H,1-2,5-10H2;2-5,15,18,21-22H,6-10H2,1H3;2-3,13,16,20,22H,4-9H2,1H3/t16?,19-,20-,21+;15?,18-,19-,20+;15?,18-,19-;13?,16-,17-,18+/m0000/s1. The summed E-state index contributed by atoms with van der Waals surface area (Å²) in [6, 6.07) is 16.3. The van der Waals surface area contributed by atoms with Crippen molar-refractivity contribution in [2.24, 2.45) is 11.8 Å². The molecular formula is C78H90N4O15. The molecule has 512 valence electrons. The van der Waals surface area contributed by atoms with Crippen LogP contribution in [0.15, 0.2) is 71.8 Å². The summed E-state index contributed by atoms with van der Waals surface area (Å²) >= 11 is 0. The van der Waals surface area contributed by atoms with Gasteiger partial charge in [-0.15, -0.1) is 0 Å². The summed E-state index contributed by atoms with van der Waals surface area (Å²) in [5, 5.41) is 85.1. The molecule has 4 aromatic rings. The van der Waals surface area contributed by atoms with Gasteiger partial charge in [0, 0.05) is 95.5 Å². The number of ether oxygens (including phenoxy) is 4. The number of carbonyl (C=O) groups excluding carboxylic acids is 3. The zero-order valence-corrected chi connectivity index (χ0v) is 55.6. The Hall–Kier alpha value is -6.07. The fourth-order valence-corrected chi connectivity index (χ4v) is 23.7. The maximum Gasteiger partial charge on any atom is 0.174 e. The Bertz CT molecular complexity index is 4160. The minimum Gasteiger partial charge on any atom is -0.504 e. The normalized spacial score (nSPS) is 39.1. The zero-order valence-electron chi connectivity index (χ0n) is 55.6. The number of Topliss-reactive ketones (excluding diaryl/α,β-unsaturated/α-hetero) is 3. The number of carbonyl (C=O) groups is 3. The van der Waals surface area contributed by atoms with Gasteiger partial charge in [0.2, 0.25) is 0 Å². The van der Waals surface area contributed by atoms with Gasteiger partial charge in [-0.25, -0.2) is 0 Å². The molecule has 22 rings (SSSR count). The predicted octanol–water partition coefficient (Wildman–Crippen LogP) is 4.67. The second-order valence-electron chi connectivity index (χ2n) is 32.5. The topological polar surface area (TPSA) is 263 Å². The number of rotatable bonds is 8. The van der Waals surface area contributed by atoms with Crippen LogP contribution in [0.2, 0.25) is 0 Å². The molecule has 9 fully saturated rings. The largest absolute Gasteiger partial charge is 0.504 e. The third kappa shape index (κ3) is 7.83. The molecule has 18 aliphatic rings. The molecule has 8 N–H and O–H groups in total. The van der Waals surface area contributed by atoms with Crippen LogP contribution in [0, 0.1) is 11.8 Å². The van der Waals surface area contributed by atoms with Gasteiger partial charge in [-0.3, -0.25) is 29.1 Å². The van der Waals surface area contributed by atoms with Gasteiger partial charge in [0.05, 0.1) is 64.9 Å². The van der Waals surface area contributed by atoms with Crippen molar-refractivity contribution in [3.63, 3.8) is 0 Å². The molecule has 8 aliphatic heterocycles. The average Bonchev–Trinajstić information content (AvgIpc) is 1.12. The first-order chi connectivity index (χ1) is 46.9. The number of aliphatic hydroxyl groups is 7. The Morgan fingerprint density at radius 2 is 0.856 bits per heavy atom. The summed E-state index contributed by atoms with van der Waals surface area (Å²) in [4.78, 5) is 47.8. The lowest BCUT2D eigenvalue weighted by Gasteiger charge is -2.62. The van der Waals surface area contributed by atoms with Crippen LogP contribution in [0.4, 0.5) is 0 Å². The molecular weight excluding hydrogens is 1230 g/mol. The van der Waals surface area contributed by atoms with Gasteiger partial charge in [0.1, 0.15) is 23.4 Å². The molecule has 4 spiro atoms. The van der Waals surface area contributed by atoms with E-state index in [1.165, 1.54) is 47.9 Å². The lowest BCUT2D eigenvalue weighted by molar-refractivity contribution is -0.188.